The lowest BCUT2D eigenvalue weighted by Gasteiger charge is -2.24. The minimum Gasteiger partial charge on any atom is -0.377 e. The van der Waals surface area contributed by atoms with Crippen molar-refractivity contribution in [3.05, 3.63) is 46.1 Å². The molecule has 0 unspecified atom stereocenters. The molecule has 4 heteroatoms. The van der Waals surface area contributed by atoms with Gasteiger partial charge in [-0.15, -0.1) is 0 Å². The van der Waals surface area contributed by atoms with Gasteiger partial charge in [-0.25, -0.2) is 0 Å². The zero-order chi connectivity index (χ0) is 13.0. The van der Waals surface area contributed by atoms with Gasteiger partial charge >= 0.3 is 0 Å². The summed E-state index contributed by atoms with van der Waals surface area (Å²) in [5, 5.41) is 0.737. The Morgan fingerprint density at radius 2 is 1.89 bits per heavy atom. The second kappa shape index (κ2) is 6.26. The molecule has 96 valence electrons. The molecule has 2 nitrogen and oxygen atoms in total. The van der Waals surface area contributed by atoms with Crippen LogP contribution in [0.25, 0.3) is 0 Å². The second-order valence-electron chi connectivity index (χ2n) is 4.38. The van der Waals surface area contributed by atoms with Crippen molar-refractivity contribution in [2.24, 2.45) is 0 Å². The summed E-state index contributed by atoms with van der Waals surface area (Å²) in [5.41, 5.74) is 0.456. The number of benzene rings is 1. The number of hydrogen-bond acceptors (Lipinski definition) is 2. The van der Waals surface area contributed by atoms with Crippen LogP contribution in [-0.2, 0) is 0 Å². The van der Waals surface area contributed by atoms with E-state index in [2.05, 4.69) is 4.90 Å². The van der Waals surface area contributed by atoms with Crippen molar-refractivity contribution in [3.8, 4) is 0 Å². The molecule has 0 amide bonds. The largest absolute Gasteiger partial charge is 0.377 e. The van der Waals surface area contributed by atoms with Crippen LogP contribution >= 0.6 is 23.2 Å². The normalized spacial score (nSPS) is 16.2. The molecular weight excluding hydrogens is 269 g/mol. The van der Waals surface area contributed by atoms with Gasteiger partial charge in [0.15, 0.2) is 5.78 Å². The fourth-order valence-corrected chi connectivity index (χ4v) is 2.42. The third-order valence-corrected chi connectivity index (χ3v) is 3.86. The van der Waals surface area contributed by atoms with Crippen LogP contribution in [0.1, 0.15) is 29.6 Å². The lowest BCUT2D eigenvalue weighted by Crippen LogP contribution is -2.24. The lowest BCUT2D eigenvalue weighted by atomic mass is 10.1. The zero-order valence-electron chi connectivity index (χ0n) is 10.0. The summed E-state index contributed by atoms with van der Waals surface area (Å²) in [6.07, 6.45) is 7.09. The molecule has 0 aliphatic carbocycles. The number of hydrogen-bond donors (Lipinski definition) is 0. The highest BCUT2D eigenvalue weighted by Crippen LogP contribution is 2.26. The van der Waals surface area contributed by atoms with Crippen molar-refractivity contribution in [2.75, 3.05) is 13.1 Å². The highest BCUT2D eigenvalue weighted by atomic mass is 35.5. The Kier molecular flexibility index (Phi) is 4.67. The van der Waals surface area contributed by atoms with Crippen molar-refractivity contribution in [1.29, 1.82) is 0 Å². The first-order valence-corrected chi connectivity index (χ1v) is 6.84. The molecule has 1 fully saturated rings. The molecule has 2 rings (SSSR count). The summed E-state index contributed by atoms with van der Waals surface area (Å²) in [4.78, 5) is 14.2. The van der Waals surface area contributed by atoms with E-state index < -0.39 is 0 Å². The van der Waals surface area contributed by atoms with Gasteiger partial charge in [-0.1, -0.05) is 29.3 Å². The SMILES string of the molecule is O=C(/C=C/N1CCCCC1)c1cccc(Cl)c1Cl. The number of rotatable bonds is 3. The van der Waals surface area contributed by atoms with E-state index in [0.29, 0.717) is 15.6 Å². The monoisotopic (exact) mass is 283 g/mol. The minimum absolute atomic E-state index is 0.104. The molecule has 18 heavy (non-hydrogen) atoms. The first kappa shape index (κ1) is 13.4. The van der Waals surface area contributed by atoms with Gasteiger partial charge < -0.3 is 4.90 Å². The highest BCUT2D eigenvalue weighted by molar-refractivity contribution is 6.44. The molecular formula is C14H15Cl2NO. The molecule has 1 aromatic carbocycles. The Morgan fingerprint density at radius 1 is 1.17 bits per heavy atom. The maximum atomic E-state index is 12.0. The third kappa shape index (κ3) is 3.27. The molecule has 0 bridgehead atoms. The van der Waals surface area contributed by atoms with Gasteiger partial charge in [-0.05, 0) is 31.4 Å². The van der Waals surface area contributed by atoms with E-state index in [0.717, 1.165) is 13.1 Å². The number of carbonyl (C=O) groups is 1. The van der Waals surface area contributed by atoms with Gasteiger partial charge in [-0.3, -0.25) is 4.79 Å². The van der Waals surface area contributed by atoms with E-state index >= 15 is 0 Å². The standard InChI is InChI=1S/C14H15Cl2NO/c15-12-6-4-5-11(14(12)16)13(18)7-10-17-8-2-1-3-9-17/h4-7,10H,1-3,8-9H2/b10-7+. The van der Waals surface area contributed by atoms with E-state index in [9.17, 15) is 4.79 Å². The summed E-state index contributed by atoms with van der Waals surface area (Å²) in [6.45, 7) is 2.04. The Hall–Kier alpha value is -0.990. The van der Waals surface area contributed by atoms with Crippen molar-refractivity contribution in [3.63, 3.8) is 0 Å². The van der Waals surface area contributed by atoms with Crippen molar-refractivity contribution in [1.82, 2.24) is 4.90 Å². The fraction of sp³-hybridized carbons (Fsp3) is 0.357. The predicted molar refractivity (Wildman–Crippen MR) is 75.4 cm³/mol. The molecule has 0 aromatic heterocycles. The van der Waals surface area contributed by atoms with Crippen LogP contribution in [-0.4, -0.2) is 23.8 Å². The summed E-state index contributed by atoms with van der Waals surface area (Å²) in [5.74, 6) is -0.104. The van der Waals surface area contributed by atoms with Crippen LogP contribution in [0.15, 0.2) is 30.5 Å². The van der Waals surface area contributed by atoms with Crippen molar-refractivity contribution < 1.29 is 4.79 Å². The molecule has 0 atom stereocenters. The average Bonchev–Trinajstić information content (AvgIpc) is 2.40. The number of piperidine rings is 1. The molecule has 1 aromatic rings. The Bertz CT molecular complexity index is 465. The van der Waals surface area contributed by atoms with Gasteiger partial charge in [0.05, 0.1) is 10.0 Å². The molecule has 1 heterocycles. The molecule has 0 radical (unpaired) electrons. The molecule has 1 aliphatic heterocycles. The molecule has 0 N–H and O–H groups in total. The van der Waals surface area contributed by atoms with Crippen LogP contribution in [0.2, 0.25) is 10.0 Å². The van der Waals surface area contributed by atoms with E-state index in [1.807, 2.05) is 6.20 Å². The van der Waals surface area contributed by atoms with Gasteiger partial charge in [0, 0.05) is 30.9 Å². The van der Waals surface area contributed by atoms with Gasteiger partial charge in [0.2, 0.25) is 0 Å². The Balaban J connectivity index is 2.07. The van der Waals surface area contributed by atoms with E-state index in [1.54, 1.807) is 24.3 Å². The number of ketones is 1. The van der Waals surface area contributed by atoms with E-state index in [1.165, 1.54) is 19.3 Å². The average molecular weight is 284 g/mol. The molecule has 0 spiro atoms. The number of allylic oxidation sites excluding steroid dienone is 1. The van der Waals surface area contributed by atoms with Gasteiger partial charge in [-0.2, -0.15) is 0 Å². The first-order chi connectivity index (χ1) is 8.68. The zero-order valence-corrected chi connectivity index (χ0v) is 11.5. The number of halogens is 2. The lowest BCUT2D eigenvalue weighted by molar-refractivity contribution is 0.104. The Labute approximate surface area is 117 Å². The minimum atomic E-state index is -0.104. The van der Waals surface area contributed by atoms with E-state index in [4.69, 9.17) is 23.2 Å². The predicted octanol–water partition coefficient (Wildman–Crippen LogP) is 4.18. The molecule has 1 saturated heterocycles. The van der Waals surface area contributed by atoms with E-state index in [-0.39, 0.29) is 5.78 Å². The summed E-state index contributed by atoms with van der Waals surface area (Å²) < 4.78 is 0. The first-order valence-electron chi connectivity index (χ1n) is 6.09. The smallest absolute Gasteiger partial charge is 0.188 e. The summed E-state index contributed by atoms with van der Waals surface area (Å²) >= 11 is 11.9. The van der Waals surface area contributed by atoms with Gasteiger partial charge in [0.1, 0.15) is 0 Å². The maximum Gasteiger partial charge on any atom is 0.188 e. The summed E-state index contributed by atoms with van der Waals surface area (Å²) in [7, 11) is 0. The quantitative estimate of drug-likeness (QED) is 0.613. The second-order valence-corrected chi connectivity index (χ2v) is 5.16. The highest BCUT2D eigenvalue weighted by Gasteiger charge is 2.11. The number of carbonyl (C=O) groups excluding carboxylic acids is 1. The van der Waals surface area contributed by atoms with Crippen LogP contribution < -0.4 is 0 Å². The van der Waals surface area contributed by atoms with Crippen molar-refractivity contribution >= 4 is 29.0 Å². The Morgan fingerprint density at radius 3 is 2.61 bits per heavy atom. The fourth-order valence-electron chi connectivity index (χ4n) is 2.02. The van der Waals surface area contributed by atoms with Crippen LogP contribution in [0.5, 0.6) is 0 Å². The topological polar surface area (TPSA) is 20.3 Å². The van der Waals surface area contributed by atoms with Gasteiger partial charge in [0.25, 0.3) is 0 Å². The molecule has 1 aliphatic rings. The van der Waals surface area contributed by atoms with Crippen LogP contribution in [0, 0.1) is 0 Å². The third-order valence-electron chi connectivity index (χ3n) is 3.04. The van der Waals surface area contributed by atoms with Crippen LogP contribution in [0.3, 0.4) is 0 Å². The summed E-state index contributed by atoms with van der Waals surface area (Å²) in [6, 6.07) is 5.10. The number of nitrogens with zero attached hydrogens (tertiary/aromatic N) is 1. The maximum absolute atomic E-state index is 12.0. The molecule has 0 saturated carbocycles. The van der Waals surface area contributed by atoms with Crippen molar-refractivity contribution in [2.45, 2.75) is 19.3 Å². The van der Waals surface area contributed by atoms with Crippen LogP contribution in [0.4, 0.5) is 0 Å². The number of likely N-dealkylation sites (tertiary alicyclic amines) is 1.